The molecule has 0 saturated carbocycles. The standard InChI is InChI=1S/C8H10NO2P.BrH/c9-8(12(10)11)6-7-4-2-1-3-5-7;/h1-5,8H,6,9H2;1H/p+1. The minimum atomic E-state index is -2.26. The van der Waals surface area contributed by atoms with Crippen LogP contribution in [-0.2, 0) is 11.0 Å². The van der Waals surface area contributed by atoms with E-state index < -0.39 is 13.8 Å². The number of nitrogens with two attached hydrogens (primary N) is 1. The van der Waals surface area contributed by atoms with E-state index >= 15 is 0 Å². The fourth-order valence-corrected chi connectivity index (χ4v) is 1.30. The zero-order chi connectivity index (χ0) is 8.97. The SMILES string of the molecule is Br.NC(Cc1ccccc1)[P+](=O)O. The molecule has 1 aromatic carbocycles. The van der Waals surface area contributed by atoms with E-state index in [1.165, 1.54) is 0 Å². The van der Waals surface area contributed by atoms with E-state index in [4.69, 9.17) is 10.6 Å². The van der Waals surface area contributed by atoms with Crippen molar-refractivity contribution in [1.82, 2.24) is 0 Å². The highest BCUT2D eigenvalue weighted by atomic mass is 79.9. The van der Waals surface area contributed by atoms with Crippen LogP contribution in [0.2, 0.25) is 0 Å². The molecular weight excluding hydrogens is 253 g/mol. The summed E-state index contributed by atoms with van der Waals surface area (Å²) in [7, 11) is -2.26. The smallest absolute Gasteiger partial charge is 0.285 e. The second-order valence-corrected chi connectivity index (χ2v) is 3.83. The van der Waals surface area contributed by atoms with Gasteiger partial charge in [0.2, 0.25) is 5.78 Å². The Morgan fingerprint density at radius 3 is 2.38 bits per heavy atom. The van der Waals surface area contributed by atoms with Gasteiger partial charge in [0.25, 0.3) is 0 Å². The van der Waals surface area contributed by atoms with Crippen molar-refractivity contribution in [2.75, 3.05) is 0 Å². The molecule has 1 aromatic rings. The lowest BCUT2D eigenvalue weighted by Crippen LogP contribution is -2.17. The monoisotopic (exact) mass is 264 g/mol. The lowest BCUT2D eigenvalue weighted by atomic mass is 10.2. The van der Waals surface area contributed by atoms with E-state index in [9.17, 15) is 4.57 Å². The molecule has 2 unspecified atom stereocenters. The molecule has 0 bridgehead atoms. The number of benzene rings is 1. The predicted octanol–water partition coefficient (Wildman–Crippen LogP) is 1.83. The Balaban J connectivity index is 0.00000144. The zero-order valence-corrected chi connectivity index (χ0v) is 9.57. The maximum atomic E-state index is 10.5. The Morgan fingerprint density at radius 1 is 1.38 bits per heavy atom. The van der Waals surface area contributed by atoms with Crippen LogP contribution in [0.1, 0.15) is 5.56 Å². The summed E-state index contributed by atoms with van der Waals surface area (Å²) in [5.74, 6) is -0.651. The third-order valence-corrected chi connectivity index (χ3v) is 2.32. The average molecular weight is 265 g/mol. The quantitative estimate of drug-likeness (QED) is 0.819. The van der Waals surface area contributed by atoms with Crippen molar-refractivity contribution < 1.29 is 9.46 Å². The van der Waals surface area contributed by atoms with Crippen molar-refractivity contribution >= 4 is 25.0 Å². The molecule has 13 heavy (non-hydrogen) atoms. The van der Waals surface area contributed by atoms with Crippen LogP contribution >= 0.6 is 25.0 Å². The molecule has 0 radical (unpaired) electrons. The maximum Gasteiger partial charge on any atom is 0.524 e. The molecule has 1 rings (SSSR count). The van der Waals surface area contributed by atoms with Gasteiger partial charge in [0.15, 0.2) is 0 Å². The van der Waals surface area contributed by atoms with E-state index in [1.807, 2.05) is 30.3 Å². The van der Waals surface area contributed by atoms with Gasteiger partial charge in [-0.1, -0.05) is 30.3 Å². The predicted molar refractivity (Wildman–Crippen MR) is 58.3 cm³/mol. The van der Waals surface area contributed by atoms with Gasteiger partial charge in [-0.3, -0.25) is 5.73 Å². The largest absolute Gasteiger partial charge is 0.524 e. The van der Waals surface area contributed by atoms with Crippen LogP contribution in [-0.4, -0.2) is 10.7 Å². The fraction of sp³-hybridized carbons (Fsp3) is 0.250. The molecule has 3 nitrogen and oxygen atoms in total. The number of rotatable bonds is 3. The van der Waals surface area contributed by atoms with E-state index in [0.29, 0.717) is 6.42 Å². The molecule has 2 atom stereocenters. The molecule has 5 heteroatoms. The summed E-state index contributed by atoms with van der Waals surface area (Å²) in [5, 5.41) is 0. The van der Waals surface area contributed by atoms with Crippen molar-refractivity contribution in [3.63, 3.8) is 0 Å². The summed E-state index contributed by atoms with van der Waals surface area (Å²) in [5.41, 5.74) is 6.40. The molecule has 0 spiro atoms. The molecule has 0 heterocycles. The number of hydrogen-bond donors (Lipinski definition) is 2. The summed E-state index contributed by atoms with van der Waals surface area (Å²) in [6.07, 6.45) is 0.451. The number of halogens is 1. The minimum Gasteiger partial charge on any atom is -0.285 e. The highest BCUT2D eigenvalue weighted by Gasteiger charge is 2.23. The first-order valence-corrected chi connectivity index (χ1v) is 4.93. The maximum absolute atomic E-state index is 10.5. The Bertz CT molecular complexity index is 268. The fourth-order valence-electron chi connectivity index (χ4n) is 0.934. The summed E-state index contributed by atoms with van der Waals surface area (Å²) < 4.78 is 10.5. The van der Waals surface area contributed by atoms with Gasteiger partial charge in [0.05, 0.1) is 0 Å². The van der Waals surface area contributed by atoms with Gasteiger partial charge in [0.1, 0.15) is 0 Å². The van der Waals surface area contributed by atoms with Gasteiger partial charge in [0, 0.05) is 6.42 Å². The van der Waals surface area contributed by atoms with Gasteiger partial charge in [-0.15, -0.1) is 17.0 Å². The van der Waals surface area contributed by atoms with Gasteiger partial charge in [-0.25, -0.2) is 0 Å². The third kappa shape index (κ3) is 4.48. The van der Waals surface area contributed by atoms with E-state index in [0.717, 1.165) is 5.56 Å². The molecule has 0 amide bonds. The molecular formula is C8H12BrNO2P+. The van der Waals surface area contributed by atoms with E-state index in [1.54, 1.807) is 0 Å². The van der Waals surface area contributed by atoms with Crippen LogP contribution in [0, 0.1) is 0 Å². The summed E-state index contributed by atoms with van der Waals surface area (Å²) in [4.78, 5) is 8.67. The summed E-state index contributed by atoms with van der Waals surface area (Å²) in [6.45, 7) is 0. The molecule has 0 saturated heterocycles. The molecule has 3 N–H and O–H groups in total. The van der Waals surface area contributed by atoms with E-state index in [-0.39, 0.29) is 17.0 Å². The molecule has 0 aliphatic rings. The van der Waals surface area contributed by atoms with Crippen LogP contribution in [0.25, 0.3) is 0 Å². The molecule has 0 aromatic heterocycles. The summed E-state index contributed by atoms with van der Waals surface area (Å²) in [6, 6.07) is 9.43. The Morgan fingerprint density at radius 2 is 1.92 bits per heavy atom. The van der Waals surface area contributed by atoms with Crippen molar-refractivity contribution in [1.29, 1.82) is 0 Å². The van der Waals surface area contributed by atoms with Crippen molar-refractivity contribution in [2.45, 2.75) is 12.2 Å². The zero-order valence-electron chi connectivity index (χ0n) is 6.96. The van der Waals surface area contributed by atoms with Crippen molar-refractivity contribution in [3.8, 4) is 0 Å². The second-order valence-electron chi connectivity index (χ2n) is 2.56. The van der Waals surface area contributed by atoms with Gasteiger partial charge in [-0.2, -0.15) is 4.89 Å². The Kier molecular flexibility index (Phi) is 6.08. The topological polar surface area (TPSA) is 63.3 Å². The molecule has 72 valence electrons. The summed E-state index contributed by atoms with van der Waals surface area (Å²) >= 11 is 0. The van der Waals surface area contributed by atoms with Crippen molar-refractivity contribution in [3.05, 3.63) is 35.9 Å². The second kappa shape index (κ2) is 6.22. The van der Waals surface area contributed by atoms with Crippen LogP contribution in [0.5, 0.6) is 0 Å². The van der Waals surface area contributed by atoms with Crippen LogP contribution in [0.15, 0.2) is 30.3 Å². The normalized spacial score (nSPS) is 12.9. The molecule has 0 fully saturated rings. The average Bonchev–Trinajstić information content (AvgIpc) is 2.06. The lowest BCUT2D eigenvalue weighted by Gasteiger charge is -1.97. The van der Waals surface area contributed by atoms with E-state index in [2.05, 4.69) is 0 Å². The first kappa shape index (κ1) is 12.7. The Hall–Kier alpha value is -0.280. The Labute approximate surface area is 88.6 Å². The molecule has 0 aliphatic carbocycles. The highest BCUT2D eigenvalue weighted by Crippen LogP contribution is 2.20. The lowest BCUT2D eigenvalue weighted by molar-refractivity contribution is 0.488. The highest BCUT2D eigenvalue weighted by molar-refractivity contribution is 8.93. The molecule has 0 aliphatic heterocycles. The third-order valence-electron chi connectivity index (χ3n) is 1.57. The first-order valence-electron chi connectivity index (χ1n) is 3.65. The first-order chi connectivity index (χ1) is 5.70. The van der Waals surface area contributed by atoms with Crippen LogP contribution in [0.4, 0.5) is 0 Å². The van der Waals surface area contributed by atoms with Crippen LogP contribution < -0.4 is 5.73 Å². The minimum absolute atomic E-state index is 0. The van der Waals surface area contributed by atoms with Gasteiger partial charge >= 0.3 is 8.03 Å². The van der Waals surface area contributed by atoms with Crippen molar-refractivity contribution in [2.24, 2.45) is 5.73 Å². The van der Waals surface area contributed by atoms with Gasteiger partial charge in [-0.05, 0) is 10.1 Å². The van der Waals surface area contributed by atoms with Crippen LogP contribution in [0.3, 0.4) is 0 Å². The van der Waals surface area contributed by atoms with Gasteiger partial charge < -0.3 is 0 Å². The number of hydrogen-bond acceptors (Lipinski definition) is 2.